The fourth-order valence-electron chi connectivity index (χ4n) is 1.96. The maximum absolute atomic E-state index is 12.4. The van der Waals surface area contributed by atoms with E-state index in [2.05, 4.69) is 0 Å². The third kappa shape index (κ3) is 3.47. The molecule has 7 heteroatoms. The molecule has 0 aromatic heterocycles. The van der Waals surface area contributed by atoms with Crippen molar-refractivity contribution in [2.24, 2.45) is 5.41 Å². The molecule has 6 nitrogen and oxygen atoms in total. The Balaban J connectivity index is 2.33. The largest absolute Gasteiger partial charge is 0.490 e. The minimum absolute atomic E-state index is 0.0427. The molecule has 0 saturated carbocycles. The molecule has 0 fully saturated rings. The second-order valence-corrected chi connectivity index (χ2v) is 7.60. The second-order valence-electron chi connectivity index (χ2n) is 5.61. The molecule has 0 bridgehead atoms. The van der Waals surface area contributed by atoms with E-state index in [1.54, 1.807) is 6.07 Å². The van der Waals surface area contributed by atoms with E-state index in [1.165, 1.54) is 26.0 Å². The number of hydrogen-bond acceptors (Lipinski definition) is 5. The van der Waals surface area contributed by atoms with Gasteiger partial charge >= 0.3 is 5.97 Å². The predicted molar refractivity (Wildman–Crippen MR) is 75.5 cm³/mol. The Bertz CT molecular complexity index is 647. The molecule has 1 aliphatic heterocycles. The molecule has 0 amide bonds. The fourth-order valence-corrected chi connectivity index (χ4v) is 3.76. The van der Waals surface area contributed by atoms with Gasteiger partial charge in [-0.25, -0.2) is 8.42 Å². The summed E-state index contributed by atoms with van der Waals surface area (Å²) in [6, 6.07) is 4.36. The second kappa shape index (κ2) is 5.55. The lowest BCUT2D eigenvalue weighted by Crippen LogP contribution is -2.32. The molecule has 2 rings (SSSR count). The molecule has 0 saturated heterocycles. The van der Waals surface area contributed by atoms with Crippen LogP contribution in [0.15, 0.2) is 23.1 Å². The van der Waals surface area contributed by atoms with E-state index in [0.29, 0.717) is 24.7 Å². The van der Waals surface area contributed by atoms with Gasteiger partial charge in [0.25, 0.3) is 0 Å². The number of carboxylic acids is 1. The Hall–Kier alpha value is -1.76. The van der Waals surface area contributed by atoms with Gasteiger partial charge in [-0.15, -0.1) is 0 Å². The van der Waals surface area contributed by atoms with E-state index >= 15 is 0 Å². The van der Waals surface area contributed by atoms with Crippen molar-refractivity contribution in [3.63, 3.8) is 0 Å². The van der Waals surface area contributed by atoms with Crippen LogP contribution in [-0.4, -0.2) is 38.5 Å². The van der Waals surface area contributed by atoms with Gasteiger partial charge in [0.15, 0.2) is 21.3 Å². The Morgan fingerprint density at radius 1 is 1.24 bits per heavy atom. The van der Waals surface area contributed by atoms with Gasteiger partial charge in [-0.2, -0.15) is 0 Å². The predicted octanol–water partition coefficient (Wildman–Crippen LogP) is 1.73. The van der Waals surface area contributed by atoms with E-state index in [0.717, 1.165) is 6.42 Å². The molecular weight excluding hydrogens is 296 g/mol. The maximum atomic E-state index is 12.4. The summed E-state index contributed by atoms with van der Waals surface area (Å²) in [6.07, 6.45) is 0.725. The van der Waals surface area contributed by atoms with Gasteiger partial charge in [0.1, 0.15) is 0 Å². The normalized spacial score (nSPS) is 15.3. The highest BCUT2D eigenvalue weighted by Crippen LogP contribution is 2.33. The molecule has 1 N–H and O–H groups in total. The molecule has 0 aliphatic carbocycles. The maximum Gasteiger partial charge on any atom is 0.310 e. The van der Waals surface area contributed by atoms with Gasteiger partial charge in [0.2, 0.25) is 0 Å². The lowest BCUT2D eigenvalue weighted by molar-refractivity contribution is -0.145. The van der Waals surface area contributed by atoms with Crippen molar-refractivity contribution in [1.29, 1.82) is 0 Å². The molecule has 0 radical (unpaired) electrons. The molecular formula is C14H18O6S. The number of fused-ring (bicyclic) bond motifs is 1. The third-order valence-corrected chi connectivity index (χ3v) is 5.28. The van der Waals surface area contributed by atoms with Crippen molar-refractivity contribution in [1.82, 2.24) is 0 Å². The van der Waals surface area contributed by atoms with Crippen molar-refractivity contribution in [3.05, 3.63) is 18.2 Å². The molecule has 0 atom stereocenters. The quantitative estimate of drug-likeness (QED) is 0.910. The zero-order valence-corrected chi connectivity index (χ0v) is 12.8. The summed E-state index contributed by atoms with van der Waals surface area (Å²) in [5, 5.41) is 9.07. The molecule has 21 heavy (non-hydrogen) atoms. The van der Waals surface area contributed by atoms with Crippen LogP contribution in [0.4, 0.5) is 0 Å². The monoisotopic (exact) mass is 314 g/mol. The Morgan fingerprint density at radius 3 is 2.48 bits per heavy atom. The van der Waals surface area contributed by atoms with Crippen molar-refractivity contribution >= 4 is 15.8 Å². The van der Waals surface area contributed by atoms with Gasteiger partial charge in [-0.05, 0) is 26.0 Å². The Morgan fingerprint density at radius 2 is 1.86 bits per heavy atom. The summed E-state index contributed by atoms with van der Waals surface area (Å²) in [5.41, 5.74) is -1.36. The van der Waals surface area contributed by atoms with Crippen LogP contribution in [0.5, 0.6) is 11.5 Å². The number of carbonyl (C=O) groups is 1. The van der Waals surface area contributed by atoms with E-state index in [9.17, 15) is 13.2 Å². The molecule has 1 aromatic rings. The Labute approximate surface area is 123 Å². The highest BCUT2D eigenvalue weighted by Gasteiger charge is 2.34. The van der Waals surface area contributed by atoms with E-state index in [-0.39, 0.29) is 4.90 Å². The van der Waals surface area contributed by atoms with Crippen molar-refractivity contribution in [2.75, 3.05) is 19.0 Å². The number of sulfone groups is 1. The van der Waals surface area contributed by atoms with Crippen LogP contribution in [0.1, 0.15) is 20.3 Å². The van der Waals surface area contributed by atoms with E-state index in [1.807, 2.05) is 0 Å². The number of rotatable bonds is 4. The molecule has 1 aliphatic rings. The van der Waals surface area contributed by atoms with Crippen LogP contribution in [-0.2, 0) is 14.6 Å². The summed E-state index contributed by atoms with van der Waals surface area (Å²) >= 11 is 0. The van der Waals surface area contributed by atoms with Crippen LogP contribution in [0.25, 0.3) is 0 Å². The first-order valence-electron chi connectivity index (χ1n) is 6.58. The molecule has 116 valence electrons. The van der Waals surface area contributed by atoms with Gasteiger partial charge < -0.3 is 14.6 Å². The number of ether oxygens (including phenoxy) is 2. The van der Waals surface area contributed by atoms with E-state index < -0.39 is 27.0 Å². The van der Waals surface area contributed by atoms with Gasteiger partial charge in [-0.1, -0.05) is 0 Å². The zero-order valence-electron chi connectivity index (χ0n) is 12.0. The Kier molecular flexibility index (Phi) is 4.13. The van der Waals surface area contributed by atoms with Crippen LogP contribution >= 0.6 is 0 Å². The summed E-state index contributed by atoms with van der Waals surface area (Å²) < 4.78 is 35.6. The topological polar surface area (TPSA) is 89.9 Å². The SMILES string of the molecule is CC(C)(CS(=O)(=O)c1ccc2c(c1)OCCCO2)C(=O)O. The summed E-state index contributed by atoms with van der Waals surface area (Å²) in [4.78, 5) is 11.1. The number of benzene rings is 1. The molecule has 1 heterocycles. The van der Waals surface area contributed by atoms with Crippen LogP contribution < -0.4 is 9.47 Å². The van der Waals surface area contributed by atoms with Crippen LogP contribution in [0.2, 0.25) is 0 Å². The van der Waals surface area contributed by atoms with Gasteiger partial charge in [0.05, 0.1) is 29.3 Å². The lowest BCUT2D eigenvalue weighted by atomic mass is 9.97. The molecule has 1 aromatic carbocycles. The zero-order chi connectivity index (χ0) is 15.7. The first-order chi connectivity index (χ1) is 9.72. The van der Waals surface area contributed by atoms with Crippen molar-refractivity contribution in [3.8, 4) is 11.5 Å². The average Bonchev–Trinajstić information content (AvgIpc) is 2.61. The average molecular weight is 314 g/mol. The highest BCUT2D eigenvalue weighted by atomic mass is 32.2. The number of carboxylic acid groups (broad SMARTS) is 1. The van der Waals surface area contributed by atoms with E-state index in [4.69, 9.17) is 14.6 Å². The minimum Gasteiger partial charge on any atom is -0.490 e. The van der Waals surface area contributed by atoms with Crippen LogP contribution in [0.3, 0.4) is 0 Å². The third-order valence-electron chi connectivity index (χ3n) is 3.21. The first-order valence-corrected chi connectivity index (χ1v) is 8.23. The summed E-state index contributed by atoms with van der Waals surface area (Å²) in [5.74, 6) is -0.749. The lowest BCUT2D eigenvalue weighted by Gasteiger charge is -2.19. The molecule has 0 spiro atoms. The van der Waals surface area contributed by atoms with Gasteiger partial charge in [-0.3, -0.25) is 4.79 Å². The number of hydrogen-bond donors (Lipinski definition) is 1. The number of aliphatic carboxylic acids is 1. The minimum atomic E-state index is -3.72. The fraction of sp³-hybridized carbons (Fsp3) is 0.500. The van der Waals surface area contributed by atoms with Crippen molar-refractivity contribution < 1.29 is 27.8 Å². The summed E-state index contributed by atoms with van der Waals surface area (Å²) in [6.45, 7) is 3.74. The summed E-state index contributed by atoms with van der Waals surface area (Å²) in [7, 11) is -3.72. The highest BCUT2D eigenvalue weighted by molar-refractivity contribution is 7.91. The molecule has 0 unspecified atom stereocenters. The standard InChI is InChI=1S/C14H18O6S/c1-14(2,13(15)16)9-21(17,18)10-4-5-11-12(8-10)20-7-3-6-19-11/h4-5,8H,3,6-7,9H2,1-2H3,(H,15,16). The van der Waals surface area contributed by atoms with Crippen molar-refractivity contribution in [2.45, 2.75) is 25.2 Å². The van der Waals surface area contributed by atoms with Crippen LogP contribution in [0, 0.1) is 5.41 Å². The first kappa shape index (κ1) is 15.6. The smallest absolute Gasteiger partial charge is 0.310 e. The van der Waals surface area contributed by atoms with Gasteiger partial charge in [0, 0.05) is 12.5 Å².